The van der Waals surface area contributed by atoms with Crippen molar-refractivity contribution in [1.29, 1.82) is 0 Å². The number of hydrogen-bond acceptors (Lipinski definition) is 9. The first-order chi connectivity index (χ1) is 17.2. The van der Waals surface area contributed by atoms with Crippen LogP contribution in [0.25, 0.3) is 10.2 Å². The van der Waals surface area contributed by atoms with Crippen LogP contribution in [0, 0.1) is 12.8 Å². The van der Waals surface area contributed by atoms with Crippen LogP contribution in [0.4, 0.5) is 5.00 Å². The van der Waals surface area contributed by atoms with E-state index in [-0.39, 0.29) is 25.7 Å². The fraction of sp³-hybridized carbons (Fsp3) is 0.480. The second-order valence-electron chi connectivity index (χ2n) is 9.09. The van der Waals surface area contributed by atoms with Crippen molar-refractivity contribution >= 4 is 55.7 Å². The van der Waals surface area contributed by atoms with Crippen LogP contribution in [0.15, 0.2) is 11.1 Å². The van der Waals surface area contributed by atoms with Crippen LogP contribution in [-0.2, 0) is 33.7 Å². The van der Waals surface area contributed by atoms with Crippen LogP contribution < -0.4 is 10.9 Å². The predicted molar refractivity (Wildman–Crippen MR) is 139 cm³/mol. The summed E-state index contributed by atoms with van der Waals surface area (Å²) >= 11 is 2.50. The van der Waals surface area contributed by atoms with Gasteiger partial charge in [0, 0.05) is 4.88 Å². The van der Waals surface area contributed by atoms with E-state index in [9.17, 15) is 19.2 Å². The summed E-state index contributed by atoms with van der Waals surface area (Å²) in [7, 11) is 0. The molecule has 0 radical (unpaired) electrons. The van der Waals surface area contributed by atoms with Crippen LogP contribution >= 0.6 is 22.7 Å². The first-order valence-corrected chi connectivity index (χ1v) is 13.6. The summed E-state index contributed by atoms with van der Waals surface area (Å²) in [6.07, 6.45) is 4.96. The van der Waals surface area contributed by atoms with Crippen molar-refractivity contribution in [1.82, 2.24) is 9.55 Å². The summed E-state index contributed by atoms with van der Waals surface area (Å²) in [6, 6.07) is 0. The van der Waals surface area contributed by atoms with Crippen LogP contribution in [0.5, 0.6) is 0 Å². The molecule has 3 heterocycles. The Labute approximate surface area is 216 Å². The average Bonchev–Trinajstić information content (AvgIpc) is 3.37. The van der Waals surface area contributed by atoms with Gasteiger partial charge in [0.15, 0.2) is 0 Å². The summed E-state index contributed by atoms with van der Waals surface area (Å²) in [5, 5.41) is 3.57. The molecule has 1 aliphatic carbocycles. The zero-order valence-electron chi connectivity index (χ0n) is 20.8. The highest BCUT2D eigenvalue weighted by Gasteiger charge is 2.27. The Kier molecular flexibility index (Phi) is 7.89. The van der Waals surface area contributed by atoms with Gasteiger partial charge in [-0.05, 0) is 56.6 Å². The number of carbonyl (C=O) groups is 3. The third-order valence-corrected chi connectivity index (χ3v) is 8.26. The second kappa shape index (κ2) is 10.9. The van der Waals surface area contributed by atoms with Crippen molar-refractivity contribution < 1.29 is 23.9 Å². The molecule has 4 rings (SSSR count). The zero-order chi connectivity index (χ0) is 26.0. The molecule has 1 N–H and O–H groups in total. The average molecular weight is 532 g/mol. The lowest BCUT2D eigenvalue weighted by molar-refractivity contribution is -0.116. The molecule has 0 saturated carbocycles. The summed E-state index contributed by atoms with van der Waals surface area (Å²) < 4.78 is 11.8. The van der Waals surface area contributed by atoms with Crippen molar-refractivity contribution in [2.75, 3.05) is 18.5 Å². The topological polar surface area (TPSA) is 117 Å². The van der Waals surface area contributed by atoms with Gasteiger partial charge in [-0.15, -0.1) is 22.7 Å². The van der Waals surface area contributed by atoms with Gasteiger partial charge in [0.05, 0.1) is 30.5 Å². The van der Waals surface area contributed by atoms with E-state index in [0.29, 0.717) is 31.2 Å². The highest BCUT2D eigenvalue weighted by Crippen LogP contribution is 2.38. The van der Waals surface area contributed by atoms with E-state index in [1.165, 1.54) is 22.2 Å². The van der Waals surface area contributed by atoms with E-state index in [1.54, 1.807) is 13.8 Å². The molecule has 0 unspecified atom stereocenters. The third-order valence-electron chi connectivity index (χ3n) is 5.87. The summed E-state index contributed by atoms with van der Waals surface area (Å²) in [6.45, 7) is 7.55. The van der Waals surface area contributed by atoms with Crippen molar-refractivity contribution in [3.63, 3.8) is 0 Å². The number of nitrogens with one attached hydrogen (secondary N) is 1. The molecule has 1 aliphatic rings. The lowest BCUT2D eigenvalue weighted by atomic mass is 9.95. The molecule has 1 amide bonds. The number of amides is 1. The van der Waals surface area contributed by atoms with Gasteiger partial charge in [-0.25, -0.2) is 14.6 Å². The molecular weight excluding hydrogens is 502 g/mol. The maximum atomic E-state index is 13.2. The van der Waals surface area contributed by atoms with Crippen molar-refractivity contribution in [2.45, 2.75) is 59.9 Å². The van der Waals surface area contributed by atoms with Crippen molar-refractivity contribution in [2.24, 2.45) is 5.92 Å². The number of fused-ring (bicyclic) bond motifs is 2. The van der Waals surface area contributed by atoms with Gasteiger partial charge in [-0.2, -0.15) is 0 Å². The molecular formula is C25H29N3O6S2. The standard InChI is InChI=1S/C25H29N3O6S2/c1-5-33-24(31)19-15-8-6-7-9-16(15)35-22(19)27-17(29)10-28-12-26-21-18(23(28)30)14(4)20(36-21)25(32)34-11-13(2)3/h12-13H,5-11H2,1-4H3,(H,27,29). The number of esters is 2. The van der Waals surface area contributed by atoms with Gasteiger partial charge in [0.1, 0.15) is 21.3 Å². The van der Waals surface area contributed by atoms with Gasteiger partial charge < -0.3 is 14.8 Å². The Hall–Kier alpha value is -3.05. The van der Waals surface area contributed by atoms with E-state index in [2.05, 4.69) is 10.3 Å². The van der Waals surface area contributed by atoms with Gasteiger partial charge in [0.2, 0.25) is 5.91 Å². The number of carbonyl (C=O) groups excluding carboxylic acids is 3. The summed E-state index contributed by atoms with van der Waals surface area (Å²) in [5.41, 5.74) is 1.45. The fourth-order valence-corrected chi connectivity index (χ4v) is 6.50. The number of aromatic nitrogens is 2. The summed E-state index contributed by atoms with van der Waals surface area (Å²) in [4.78, 5) is 57.4. The van der Waals surface area contributed by atoms with E-state index < -0.39 is 23.4 Å². The van der Waals surface area contributed by atoms with Gasteiger partial charge in [0.25, 0.3) is 5.56 Å². The number of ether oxygens (including phenoxy) is 2. The summed E-state index contributed by atoms with van der Waals surface area (Å²) in [5.74, 6) is -1.19. The normalized spacial score (nSPS) is 13.0. The Balaban J connectivity index is 1.58. The second-order valence-corrected chi connectivity index (χ2v) is 11.2. The first kappa shape index (κ1) is 26.0. The lowest BCUT2D eigenvalue weighted by Crippen LogP contribution is -2.28. The smallest absolute Gasteiger partial charge is 0.348 e. The minimum atomic E-state index is -0.485. The Bertz CT molecular complexity index is 1380. The van der Waals surface area contributed by atoms with Crippen molar-refractivity contribution in [3.05, 3.63) is 43.1 Å². The molecule has 0 aromatic carbocycles. The van der Waals surface area contributed by atoms with Gasteiger partial charge in [-0.1, -0.05) is 13.8 Å². The van der Waals surface area contributed by atoms with Crippen LogP contribution in [0.2, 0.25) is 0 Å². The Morgan fingerprint density at radius 2 is 1.89 bits per heavy atom. The number of aryl methyl sites for hydroxylation is 2. The number of thiophene rings is 2. The maximum Gasteiger partial charge on any atom is 0.348 e. The molecule has 0 bridgehead atoms. The molecule has 0 spiro atoms. The molecule has 0 atom stereocenters. The Morgan fingerprint density at radius 3 is 2.61 bits per heavy atom. The molecule has 11 heteroatoms. The van der Waals surface area contributed by atoms with Crippen LogP contribution in [0.1, 0.15) is 69.6 Å². The third kappa shape index (κ3) is 5.22. The SMILES string of the molecule is CCOC(=O)c1c(NC(=O)Cn2cnc3sc(C(=O)OCC(C)C)c(C)c3c2=O)sc2c1CCCC2. The maximum absolute atomic E-state index is 13.2. The molecule has 0 saturated heterocycles. The van der Waals surface area contributed by atoms with Crippen molar-refractivity contribution in [3.8, 4) is 0 Å². The van der Waals surface area contributed by atoms with E-state index in [1.807, 2.05) is 13.8 Å². The zero-order valence-corrected chi connectivity index (χ0v) is 22.4. The highest BCUT2D eigenvalue weighted by atomic mass is 32.1. The molecule has 9 nitrogen and oxygen atoms in total. The molecule has 0 aliphatic heterocycles. The molecule has 0 fully saturated rings. The van der Waals surface area contributed by atoms with E-state index in [4.69, 9.17) is 9.47 Å². The van der Waals surface area contributed by atoms with Crippen LogP contribution in [0.3, 0.4) is 0 Å². The van der Waals surface area contributed by atoms with E-state index in [0.717, 1.165) is 47.5 Å². The minimum absolute atomic E-state index is 0.190. The number of anilines is 1. The highest BCUT2D eigenvalue weighted by molar-refractivity contribution is 7.20. The van der Waals surface area contributed by atoms with Crippen LogP contribution in [-0.4, -0.2) is 40.6 Å². The quantitative estimate of drug-likeness (QED) is 0.430. The minimum Gasteiger partial charge on any atom is -0.462 e. The lowest BCUT2D eigenvalue weighted by Gasteiger charge is -2.12. The van der Waals surface area contributed by atoms with E-state index >= 15 is 0 Å². The van der Waals surface area contributed by atoms with Gasteiger partial charge in [-0.3, -0.25) is 14.2 Å². The van der Waals surface area contributed by atoms with Gasteiger partial charge >= 0.3 is 11.9 Å². The number of hydrogen-bond donors (Lipinski definition) is 1. The molecule has 3 aromatic heterocycles. The largest absolute Gasteiger partial charge is 0.462 e. The first-order valence-electron chi connectivity index (χ1n) is 12.0. The monoisotopic (exact) mass is 531 g/mol. The number of rotatable bonds is 8. The molecule has 3 aromatic rings. The predicted octanol–water partition coefficient (Wildman–Crippen LogP) is 4.33. The fourth-order valence-electron chi connectivity index (χ4n) is 4.17. The number of nitrogens with zero attached hydrogens (tertiary/aromatic N) is 2. The molecule has 36 heavy (non-hydrogen) atoms. The Morgan fingerprint density at radius 1 is 1.14 bits per heavy atom. The molecule has 192 valence electrons.